The standard InChI is InChI=1S/C18H20ClFO/c1-12(2)9-13-3-5-14(6-4-13)18(21)11-15-10-16(20)7-8-17(15)19/h3-8,10,12,18,21H,9,11H2,1-2H3. The predicted molar refractivity (Wildman–Crippen MR) is 85.1 cm³/mol. The molecule has 21 heavy (non-hydrogen) atoms. The Morgan fingerprint density at radius 3 is 2.33 bits per heavy atom. The first-order chi connectivity index (χ1) is 9.95. The fraction of sp³-hybridized carbons (Fsp3) is 0.333. The van der Waals surface area contributed by atoms with E-state index in [1.165, 1.54) is 23.8 Å². The van der Waals surface area contributed by atoms with Crippen molar-refractivity contribution < 1.29 is 9.50 Å². The van der Waals surface area contributed by atoms with Gasteiger partial charge in [0.25, 0.3) is 0 Å². The Hall–Kier alpha value is -1.38. The van der Waals surface area contributed by atoms with Gasteiger partial charge in [0.05, 0.1) is 6.10 Å². The van der Waals surface area contributed by atoms with E-state index in [0.29, 0.717) is 22.9 Å². The Bertz CT molecular complexity index is 593. The molecule has 0 amide bonds. The van der Waals surface area contributed by atoms with Gasteiger partial charge in [-0.2, -0.15) is 0 Å². The maximum atomic E-state index is 13.2. The van der Waals surface area contributed by atoms with Crippen LogP contribution in [0.25, 0.3) is 0 Å². The van der Waals surface area contributed by atoms with Gasteiger partial charge in [-0.25, -0.2) is 4.39 Å². The number of rotatable bonds is 5. The quantitative estimate of drug-likeness (QED) is 0.828. The summed E-state index contributed by atoms with van der Waals surface area (Å²) in [4.78, 5) is 0. The molecule has 0 aromatic heterocycles. The highest BCUT2D eigenvalue weighted by Crippen LogP contribution is 2.25. The van der Waals surface area contributed by atoms with E-state index in [-0.39, 0.29) is 5.82 Å². The van der Waals surface area contributed by atoms with Crippen LogP contribution in [0.4, 0.5) is 4.39 Å². The number of benzene rings is 2. The fourth-order valence-corrected chi connectivity index (χ4v) is 2.57. The molecule has 0 radical (unpaired) electrons. The van der Waals surface area contributed by atoms with Gasteiger partial charge in [-0.15, -0.1) is 0 Å². The maximum absolute atomic E-state index is 13.2. The van der Waals surface area contributed by atoms with Gasteiger partial charge in [0.15, 0.2) is 0 Å². The van der Waals surface area contributed by atoms with Crippen LogP contribution < -0.4 is 0 Å². The van der Waals surface area contributed by atoms with Crippen LogP contribution in [-0.2, 0) is 12.8 Å². The van der Waals surface area contributed by atoms with Crippen LogP contribution in [0.5, 0.6) is 0 Å². The van der Waals surface area contributed by atoms with Gasteiger partial charge >= 0.3 is 0 Å². The van der Waals surface area contributed by atoms with Crippen molar-refractivity contribution in [3.63, 3.8) is 0 Å². The minimum Gasteiger partial charge on any atom is -0.388 e. The highest BCUT2D eigenvalue weighted by molar-refractivity contribution is 6.31. The lowest BCUT2D eigenvalue weighted by Gasteiger charge is -2.13. The summed E-state index contributed by atoms with van der Waals surface area (Å²) in [6.07, 6.45) is 0.643. The third kappa shape index (κ3) is 4.55. The summed E-state index contributed by atoms with van der Waals surface area (Å²) in [5.74, 6) is 0.265. The fourth-order valence-electron chi connectivity index (χ4n) is 2.37. The summed E-state index contributed by atoms with van der Waals surface area (Å²) in [7, 11) is 0. The van der Waals surface area contributed by atoms with E-state index < -0.39 is 6.10 Å². The molecular formula is C18H20ClFO. The van der Waals surface area contributed by atoms with Crippen molar-refractivity contribution in [2.45, 2.75) is 32.8 Å². The van der Waals surface area contributed by atoms with Gasteiger partial charge in [0.1, 0.15) is 5.82 Å². The molecule has 0 aliphatic rings. The minimum atomic E-state index is -0.683. The zero-order valence-corrected chi connectivity index (χ0v) is 13.1. The zero-order chi connectivity index (χ0) is 15.4. The molecule has 1 N–H and O–H groups in total. The SMILES string of the molecule is CC(C)Cc1ccc(C(O)Cc2cc(F)ccc2Cl)cc1. The Morgan fingerprint density at radius 2 is 1.71 bits per heavy atom. The highest BCUT2D eigenvalue weighted by atomic mass is 35.5. The molecular weight excluding hydrogens is 287 g/mol. The molecule has 0 saturated carbocycles. The predicted octanol–water partition coefficient (Wildman–Crippen LogP) is 4.95. The van der Waals surface area contributed by atoms with Gasteiger partial charge in [0, 0.05) is 11.4 Å². The van der Waals surface area contributed by atoms with E-state index in [1.54, 1.807) is 0 Å². The molecule has 112 valence electrons. The Balaban J connectivity index is 2.09. The highest BCUT2D eigenvalue weighted by Gasteiger charge is 2.12. The summed E-state index contributed by atoms with van der Waals surface area (Å²) in [6.45, 7) is 4.35. The van der Waals surface area contributed by atoms with Crippen molar-refractivity contribution in [2.75, 3.05) is 0 Å². The molecule has 0 bridgehead atoms. The van der Waals surface area contributed by atoms with Crippen LogP contribution in [0.15, 0.2) is 42.5 Å². The third-order valence-electron chi connectivity index (χ3n) is 3.43. The van der Waals surface area contributed by atoms with E-state index >= 15 is 0 Å². The molecule has 1 atom stereocenters. The smallest absolute Gasteiger partial charge is 0.123 e. The van der Waals surface area contributed by atoms with Gasteiger partial charge in [0.2, 0.25) is 0 Å². The average Bonchev–Trinajstić information content (AvgIpc) is 2.43. The van der Waals surface area contributed by atoms with Crippen molar-refractivity contribution >= 4 is 11.6 Å². The second kappa shape index (κ2) is 7.06. The Morgan fingerprint density at radius 1 is 1.05 bits per heavy atom. The van der Waals surface area contributed by atoms with Crippen LogP contribution in [-0.4, -0.2) is 5.11 Å². The summed E-state index contributed by atoms with van der Waals surface area (Å²) in [6, 6.07) is 12.1. The van der Waals surface area contributed by atoms with Crippen molar-refractivity contribution in [2.24, 2.45) is 5.92 Å². The first-order valence-corrected chi connectivity index (χ1v) is 7.54. The largest absolute Gasteiger partial charge is 0.388 e. The summed E-state index contributed by atoms with van der Waals surface area (Å²) in [5, 5.41) is 10.8. The van der Waals surface area contributed by atoms with Crippen molar-refractivity contribution in [1.29, 1.82) is 0 Å². The molecule has 0 fully saturated rings. The van der Waals surface area contributed by atoms with E-state index in [9.17, 15) is 9.50 Å². The summed E-state index contributed by atoms with van der Waals surface area (Å²) >= 11 is 6.03. The molecule has 0 aliphatic carbocycles. The molecule has 0 saturated heterocycles. The first-order valence-electron chi connectivity index (χ1n) is 7.16. The molecule has 1 nitrogen and oxygen atoms in total. The second-order valence-corrected chi connectivity index (χ2v) is 6.20. The van der Waals surface area contributed by atoms with Gasteiger partial charge in [-0.05, 0) is 47.2 Å². The number of hydrogen-bond donors (Lipinski definition) is 1. The topological polar surface area (TPSA) is 20.2 Å². The Labute approximate surface area is 130 Å². The summed E-state index contributed by atoms with van der Waals surface area (Å²) in [5.41, 5.74) is 2.70. The molecule has 3 heteroatoms. The maximum Gasteiger partial charge on any atom is 0.123 e. The van der Waals surface area contributed by atoms with E-state index in [1.807, 2.05) is 24.3 Å². The number of aliphatic hydroxyl groups is 1. The summed E-state index contributed by atoms with van der Waals surface area (Å²) < 4.78 is 13.2. The second-order valence-electron chi connectivity index (χ2n) is 5.80. The lowest BCUT2D eigenvalue weighted by Crippen LogP contribution is -2.03. The number of aliphatic hydroxyl groups excluding tert-OH is 1. The lowest BCUT2D eigenvalue weighted by molar-refractivity contribution is 0.178. The van der Waals surface area contributed by atoms with Crippen LogP contribution in [0, 0.1) is 11.7 Å². The van der Waals surface area contributed by atoms with Crippen molar-refractivity contribution in [1.82, 2.24) is 0 Å². The molecule has 0 aliphatic heterocycles. The van der Waals surface area contributed by atoms with Gasteiger partial charge in [-0.3, -0.25) is 0 Å². The van der Waals surface area contributed by atoms with Gasteiger partial charge < -0.3 is 5.11 Å². The van der Waals surface area contributed by atoms with E-state index in [4.69, 9.17) is 11.6 Å². The van der Waals surface area contributed by atoms with E-state index in [0.717, 1.165) is 12.0 Å². The Kier molecular flexibility index (Phi) is 5.38. The van der Waals surface area contributed by atoms with Gasteiger partial charge in [-0.1, -0.05) is 49.7 Å². The van der Waals surface area contributed by atoms with Crippen LogP contribution in [0.2, 0.25) is 5.02 Å². The van der Waals surface area contributed by atoms with Crippen LogP contribution >= 0.6 is 11.6 Å². The molecule has 2 aromatic rings. The third-order valence-corrected chi connectivity index (χ3v) is 3.80. The average molecular weight is 307 g/mol. The number of halogens is 2. The molecule has 1 unspecified atom stereocenters. The molecule has 0 spiro atoms. The number of hydrogen-bond acceptors (Lipinski definition) is 1. The lowest BCUT2D eigenvalue weighted by atomic mass is 9.97. The molecule has 2 aromatic carbocycles. The van der Waals surface area contributed by atoms with Crippen LogP contribution in [0.1, 0.15) is 36.6 Å². The monoisotopic (exact) mass is 306 g/mol. The van der Waals surface area contributed by atoms with E-state index in [2.05, 4.69) is 13.8 Å². The normalized spacial score (nSPS) is 12.7. The molecule has 0 heterocycles. The minimum absolute atomic E-state index is 0.306. The zero-order valence-electron chi connectivity index (χ0n) is 12.3. The van der Waals surface area contributed by atoms with Crippen molar-refractivity contribution in [3.05, 3.63) is 70.0 Å². The first kappa shape index (κ1) is 16.0. The van der Waals surface area contributed by atoms with Crippen molar-refractivity contribution in [3.8, 4) is 0 Å². The molecule has 2 rings (SSSR count). The van der Waals surface area contributed by atoms with Crippen LogP contribution in [0.3, 0.4) is 0 Å².